The minimum absolute atomic E-state index is 0.0111. The molecule has 0 spiro atoms. The van der Waals surface area contributed by atoms with Gasteiger partial charge in [0.1, 0.15) is 5.82 Å². The van der Waals surface area contributed by atoms with Crippen molar-refractivity contribution in [3.63, 3.8) is 0 Å². The highest BCUT2D eigenvalue weighted by atomic mass is 19.1. The minimum Gasteiger partial charge on any atom is -0.361 e. The summed E-state index contributed by atoms with van der Waals surface area (Å²) in [5, 5.41) is 4.22. The first-order valence-electron chi connectivity index (χ1n) is 12.4. The zero-order valence-electron chi connectivity index (χ0n) is 19.9. The number of aromatic amines is 1. The van der Waals surface area contributed by atoms with Gasteiger partial charge in [-0.25, -0.2) is 4.39 Å². The molecule has 4 nitrogen and oxygen atoms in total. The number of para-hydroxylation sites is 1. The van der Waals surface area contributed by atoms with Gasteiger partial charge in [-0.05, 0) is 68.0 Å². The van der Waals surface area contributed by atoms with Crippen LogP contribution >= 0.6 is 0 Å². The lowest BCUT2D eigenvalue weighted by molar-refractivity contribution is -0.121. The van der Waals surface area contributed by atoms with Gasteiger partial charge < -0.3 is 15.2 Å². The zero-order valence-corrected chi connectivity index (χ0v) is 19.9. The van der Waals surface area contributed by atoms with E-state index in [4.69, 9.17) is 0 Å². The van der Waals surface area contributed by atoms with Crippen molar-refractivity contribution in [2.45, 2.75) is 64.3 Å². The van der Waals surface area contributed by atoms with Gasteiger partial charge in [-0.3, -0.25) is 4.79 Å². The van der Waals surface area contributed by atoms with Crippen LogP contribution in [0.25, 0.3) is 10.9 Å². The average Bonchev–Trinajstić information content (AvgIpc) is 3.25. The summed E-state index contributed by atoms with van der Waals surface area (Å²) in [7, 11) is 0. The van der Waals surface area contributed by atoms with E-state index < -0.39 is 0 Å². The highest BCUT2D eigenvalue weighted by Gasteiger charge is 2.23. The molecule has 176 valence electrons. The molecule has 0 saturated carbocycles. The Labute approximate surface area is 196 Å². The van der Waals surface area contributed by atoms with Crippen LogP contribution in [0.1, 0.15) is 68.6 Å². The van der Waals surface area contributed by atoms with Crippen molar-refractivity contribution < 1.29 is 9.18 Å². The Bertz CT molecular complexity index is 1080. The van der Waals surface area contributed by atoms with Crippen molar-refractivity contribution in [2.75, 3.05) is 19.6 Å². The lowest BCUT2D eigenvalue weighted by Gasteiger charge is -2.33. The molecule has 1 fully saturated rings. The van der Waals surface area contributed by atoms with Gasteiger partial charge in [0.05, 0.1) is 0 Å². The molecular formula is C28H36FN3O. The maximum atomic E-state index is 14.1. The molecule has 1 amide bonds. The molecule has 4 rings (SSSR count). The third-order valence-corrected chi connectivity index (χ3v) is 7.12. The van der Waals surface area contributed by atoms with Gasteiger partial charge in [0, 0.05) is 48.6 Å². The molecule has 2 aromatic carbocycles. The van der Waals surface area contributed by atoms with Crippen molar-refractivity contribution in [3.8, 4) is 0 Å². The number of carbonyl (C=O) groups is 1. The van der Waals surface area contributed by atoms with Crippen molar-refractivity contribution in [1.82, 2.24) is 15.2 Å². The topological polar surface area (TPSA) is 48.1 Å². The molecular weight excluding hydrogens is 413 g/mol. The number of benzene rings is 2. The predicted molar refractivity (Wildman–Crippen MR) is 133 cm³/mol. The molecule has 5 heteroatoms. The van der Waals surface area contributed by atoms with Crippen LogP contribution < -0.4 is 5.32 Å². The Balaban J connectivity index is 1.46. The molecule has 33 heavy (non-hydrogen) atoms. The summed E-state index contributed by atoms with van der Waals surface area (Å²) in [5.74, 6) is -0.469. The number of aryl methyl sites for hydroxylation is 1. The van der Waals surface area contributed by atoms with Gasteiger partial charge in [0.2, 0.25) is 5.91 Å². The number of hydrogen-bond acceptors (Lipinski definition) is 2. The molecule has 2 atom stereocenters. The fourth-order valence-corrected chi connectivity index (χ4v) is 5.21. The Hall–Kier alpha value is -2.66. The third kappa shape index (κ3) is 5.64. The van der Waals surface area contributed by atoms with Crippen LogP contribution in [0.2, 0.25) is 0 Å². The summed E-state index contributed by atoms with van der Waals surface area (Å²) in [6.07, 6.45) is 8.04. The SMILES string of the molecule is CCc1cccc2c(C(CC(=O)NCCCN3CCCCC3C)c3cccc(F)c3)c[nH]c12. The summed E-state index contributed by atoms with van der Waals surface area (Å²) in [6.45, 7) is 7.30. The van der Waals surface area contributed by atoms with Crippen LogP contribution in [-0.2, 0) is 11.2 Å². The number of aromatic nitrogens is 1. The number of nitrogens with zero attached hydrogens (tertiary/aromatic N) is 1. The molecule has 2 N–H and O–H groups in total. The standard InChI is InChI=1S/C28H36FN3O/c1-3-21-10-7-13-24-26(19-31-28(21)24)25(22-11-6-12-23(29)17-22)18-27(33)30-14-8-16-32-15-5-4-9-20(32)2/h6-7,10-13,17,19-20,25,31H,3-5,8-9,14-16,18H2,1-2H3,(H,30,33). The molecule has 3 aromatic rings. The molecule has 0 bridgehead atoms. The fourth-order valence-electron chi connectivity index (χ4n) is 5.21. The van der Waals surface area contributed by atoms with Gasteiger partial charge in [0.25, 0.3) is 0 Å². The van der Waals surface area contributed by atoms with Crippen LogP contribution in [-0.4, -0.2) is 41.5 Å². The molecule has 2 unspecified atom stereocenters. The number of carbonyl (C=O) groups excluding carboxylic acids is 1. The average molecular weight is 450 g/mol. The predicted octanol–water partition coefficient (Wildman–Crippen LogP) is 5.77. The van der Waals surface area contributed by atoms with Crippen LogP contribution in [0.4, 0.5) is 4.39 Å². The number of likely N-dealkylation sites (tertiary alicyclic amines) is 1. The lowest BCUT2D eigenvalue weighted by atomic mass is 9.87. The Morgan fingerprint density at radius 1 is 1.24 bits per heavy atom. The van der Waals surface area contributed by atoms with Crippen molar-refractivity contribution in [3.05, 3.63) is 71.2 Å². The molecule has 1 aliphatic rings. The van der Waals surface area contributed by atoms with Crippen LogP contribution in [0.3, 0.4) is 0 Å². The minimum atomic E-state index is -0.275. The van der Waals surface area contributed by atoms with E-state index in [1.165, 1.54) is 30.9 Å². The largest absolute Gasteiger partial charge is 0.361 e. The number of rotatable bonds is 9. The monoisotopic (exact) mass is 449 g/mol. The second-order valence-electron chi connectivity index (χ2n) is 9.33. The second-order valence-corrected chi connectivity index (χ2v) is 9.33. The van der Waals surface area contributed by atoms with Gasteiger partial charge >= 0.3 is 0 Å². The molecule has 1 aliphatic heterocycles. The van der Waals surface area contributed by atoms with E-state index in [0.29, 0.717) is 19.0 Å². The van der Waals surface area contributed by atoms with E-state index >= 15 is 0 Å². The zero-order chi connectivity index (χ0) is 23.2. The fraction of sp³-hybridized carbons (Fsp3) is 0.464. The first-order valence-corrected chi connectivity index (χ1v) is 12.4. The van der Waals surface area contributed by atoms with Crippen LogP contribution in [0.15, 0.2) is 48.7 Å². The maximum absolute atomic E-state index is 14.1. The van der Waals surface area contributed by atoms with Gasteiger partial charge in [-0.15, -0.1) is 0 Å². The second kappa shape index (κ2) is 11.0. The third-order valence-electron chi connectivity index (χ3n) is 7.12. The van der Waals surface area contributed by atoms with Gasteiger partial charge in [0.15, 0.2) is 0 Å². The summed E-state index contributed by atoms with van der Waals surface area (Å²) in [4.78, 5) is 18.9. The Morgan fingerprint density at radius 2 is 2.09 bits per heavy atom. The van der Waals surface area contributed by atoms with E-state index in [-0.39, 0.29) is 17.6 Å². The van der Waals surface area contributed by atoms with Crippen LogP contribution in [0, 0.1) is 5.82 Å². The number of fused-ring (bicyclic) bond motifs is 1. The van der Waals surface area contributed by atoms with Gasteiger partial charge in [-0.1, -0.05) is 43.7 Å². The van der Waals surface area contributed by atoms with E-state index in [0.717, 1.165) is 48.0 Å². The first-order chi connectivity index (χ1) is 16.1. The van der Waals surface area contributed by atoms with E-state index in [9.17, 15) is 9.18 Å². The van der Waals surface area contributed by atoms with E-state index in [1.54, 1.807) is 12.1 Å². The first kappa shape index (κ1) is 23.5. The van der Waals surface area contributed by atoms with Crippen molar-refractivity contribution in [2.24, 2.45) is 0 Å². The quantitative estimate of drug-likeness (QED) is 0.407. The number of hydrogen-bond donors (Lipinski definition) is 2. The summed E-state index contributed by atoms with van der Waals surface area (Å²) >= 11 is 0. The van der Waals surface area contributed by atoms with E-state index in [1.807, 2.05) is 12.3 Å². The number of halogens is 1. The van der Waals surface area contributed by atoms with Crippen LogP contribution in [0.5, 0.6) is 0 Å². The highest BCUT2D eigenvalue weighted by molar-refractivity contribution is 5.88. The van der Waals surface area contributed by atoms with Crippen molar-refractivity contribution >= 4 is 16.8 Å². The molecule has 1 aromatic heterocycles. The Kier molecular flexibility index (Phi) is 7.81. The summed E-state index contributed by atoms with van der Waals surface area (Å²) in [6, 6.07) is 13.6. The summed E-state index contributed by atoms with van der Waals surface area (Å²) < 4.78 is 14.1. The normalized spacial score (nSPS) is 17.8. The molecule has 0 radical (unpaired) electrons. The highest BCUT2D eigenvalue weighted by Crippen LogP contribution is 2.34. The lowest BCUT2D eigenvalue weighted by Crippen LogP contribution is -2.39. The Morgan fingerprint density at radius 3 is 2.88 bits per heavy atom. The van der Waals surface area contributed by atoms with Gasteiger partial charge in [-0.2, -0.15) is 0 Å². The van der Waals surface area contributed by atoms with Crippen molar-refractivity contribution in [1.29, 1.82) is 0 Å². The smallest absolute Gasteiger partial charge is 0.220 e. The maximum Gasteiger partial charge on any atom is 0.220 e. The molecule has 1 saturated heterocycles. The number of piperidine rings is 1. The van der Waals surface area contributed by atoms with E-state index in [2.05, 4.69) is 47.2 Å². The summed E-state index contributed by atoms with van der Waals surface area (Å²) in [5.41, 5.74) is 4.22. The number of amides is 1. The molecule has 2 heterocycles. The molecule has 0 aliphatic carbocycles. The number of H-pyrrole nitrogens is 1. The number of nitrogens with one attached hydrogen (secondary N) is 2.